The maximum atomic E-state index is 12.1. The van der Waals surface area contributed by atoms with E-state index in [0.717, 1.165) is 27.1 Å². The normalized spacial score (nSPS) is 11.0. The second-order valence-corrected chi connectivity index (χ2v) is 6.43. The molecule has 0 bridgehead atoms. The molecule has 126 valence electrons. The lowest BCUT2D eigenvalue weighted by molar-refractivity contribution is 0.0955. The molecule has 2 aromatic carbocycles. The molecule has 0 aliphatic heterocycles. The number of hydrogen-bond donors (Lipinski definition) is 1. The summed E-state index contributed by atoms with van der Waals surface area (Å²) in [5.74, 6) is -0.232. The minimum atomic E-state index is -0.232. The molecule has 1 aromatic heterocycles. The highest BCUT2D eigenvalue weighted by atomic mass is 79.9. The summed E-state index contributed by atoms with van der Waals surface area (Å²) in [4.78, 5) is 12.1. The number of hydrogen-bond acceptors (Lipinski definition) is 2. The van der Waals surface area contributed by atoms with Gasteiger partial charge in [-0.1, -0.05) is 36.4 Å². The van der Waals surface area contributed by atoms with Crippen LogP contribution in [0.4, 0.5) is 0 Å². The summed E-state index contributed by atoms with van der Waals surface area (Å²) in [7, 11) is 0. The summed E-state index contributed by atoms with van der Waals surface area (Å²) in [6.07, 6.45) is 1.67. The predicted molar refractivity (Wildman–Crippen MR) is 104 cm³/mol. The van der Waals surface area contributed by atoms with Gasteiger partial charge in [0.1, 0.15) is 0 Å². The van der Waals surface area contributed by atoms with Crippen LogP contribution in [0.25, 0.3) is 5.69 Å². The van der Waals surface area contributed by atoms with Crippen LogP contribution in [0.3, 0.4) is 0 Å². The van der Waals surface area contributed by atoms with Gasteiger partial charge in [0.25, 0.3) is 5.91 Å². The molecule has 0 fully saturated rings. The minimum Gasteiger partial charge on any atom is -0.317 e. The standard InChI is InChI=1S/C20H18BrN3O/c1-14-18(13-22-23-20(25)16-9-5-3-6-10-16)19(21)15(2)24(14)17-11-7-4-8-12-17/h3-13H,1-2H3,(H,23,25)/b22-13-. The van der Waals surface area contributed by atoms with Crippen molar-refractivity contribution < 1.29 is 4.79 Å². The molecular weight excluding hydrogens is 378 g/mol. The topological polar surface area (TPSA) is 46.4 Å². The lowest BCUT2D eigenvalue weighted by Gasteiger charge is -2.08. The molecule has 0 radical (unpaired) electrons. The molecule has 0 saturated carbocycles. The number of benzene rings is 2. The van der Waals surface area contributed by atoms with Gasteiger partial charge < -0.3 is 4.57 Å². The molecule has 3 aromatic rings. The third-order valence-corrected chi connectivity index (χ3v) is 5.03. The van der Waals surface area contributed by atoms with Crippen molar-refractivity contribution in [2.45, 2.75) is 13.8 Å². The molecule has 0 aliphatic rings. The quantitative estimate of drug-likeness (QED) is 0.508. The Morgan fingerprint density at radius 1 is 1.00 bits per heavy atom. The fraction of sp³-hybridized carbons (Fsp3) is 0.100. The van der Waals surface area contributed by atoms with Crippen molar-refractivity contribution in [3.8, 4) is 5.69 Å². The summed E-state index contributed by atoms with van der Waals surface area (Å²) >= 11 is 3.64. The molecule has 0 atom stereocenters. The van der Waals surface area contributed by atoms with E-state index in [1.807, 2.05) is 50.2 Å². The molecule has 3 rings (SSSR count). The van der Waals surface area contributed by atoms with Crippen molar-refractivity contribution in [3.05, 3.63) is 87.7 Å². The van der Waals surface area contributed by atoms with Crippen LogP contribution in [0.5, 0.6) is 0 Å². The number of carbonyl (C=O) groups excluding carboxylic acids is 1. The molecule has 1 N–H and O–H groups in total. The Morgan fingerprint density at radius 3 is 2.24 bits per heavy atom. The van der Waals surface area contributed by atoms with Crippen LogP contribution in [0.1, 0.15) is 27.3 Å². The Hall–Kier alpha value is -2.66. The van der Waals surface area contributed by atoms with E-state index in [-0.39, 0.29) is 5.91 Å². The number of hydrazone groups is 1. The number of halogens is 1. The number of nitrogens with one attached hydrogen (secondary N) is 1. The number of carbonyl (C=O) groups is 1. The van der Waals surface area contributed by atoms with Crippen LogP contribution in [0.2, 0.25) is 0 Å². The fourth-order valence-corrected chi connectivity index (χ4v) is 3.31. The number of rotatable bonds is 4. The van der Waals surface area contributed by atoms with E-state index in [2.05, 4.69) is 43.2 Å². The summed E-state index contributed by atoms with van der Waals surface area (Å²) in [6, 6.07) is 19.2. The van der Waals surface area contributed by atoms with E-state index in [4.69, 9.17) is 0 Å². The smallest absolute Gasteiger partial charge is 0.271 e. The number of nitrogens with zero attached hydrogens (tertiary/aromatic N) is 2. The average molecular weight is 396 g/mol. The molecule has 0 aliphatic carbocycles. The van der Waals surface area contributed by atoms with Crippen molar-refractivity contribution in [2.24, 2.45) is 5.10 Å². The minimum absolute atomic E-state index is 0.232. The summed E-state index contributed by atoms with van der Waals surface area (Å²) in [5.41, 5.74) is 7.31. The first-order chi connectivity index (χ1) is 12.1. The van der Waals surface area contributed by atoms with Crippen LogP contribution >= 0.6 is 15.9 Å². The highest BCUT2D eigenvalue weighted by Gasteiger charge is 2.15. The number of para-hydroxylation sites is 1. The Kier molecular flexibility index (Phi) is 5.14. The first kappa shape index (κ1) is 17.2. The van der Waals surface area contributed by atoms with Gasteiger partial charge in [-0.3, -0.25) is 4.79 Å². The monoisotopic (exact) mass is 395 g/mol. The van der Waals surface area contributed by atoms with Gasteiger partial charge in [0.2, 0.25) is 0 Å². The third-order valence-electron chi connectivity index (χ3n) is 4.02. The first-order valence-electron chi connectivity index (χ1n) is 7.91. The third kappa shape index (κ3) is 3.56. The first-order valence-corrected chi connectivity index (χ1v) is 8.70. The Bertz CT molecular complexity index is 915. The zero-order valence-electron chi connectivity index (χ0n) is 14.0. The fourth-order valence-electron chi connectivity index (χ4n) is 2.75. The van der Waals surface area contributed by atoms with Crippen LogP contribution < -0.4 is 5.43 Å². The second-order valence-electron chi connectivity index (χ2n) is 5.63. The van der Waals surface area contributed by atoms with Gasteiger partial charge in [-0.2, -0.15) is 5.10 Å². The van der Waals surface area contributed by atoms with Crippen molar-refractivity contribution in [1.82, 2.24) is 9.99 Å². The highest BCUT2D eigenvalue weighted by molar-refractivity contribution is 9.10. The van der Waals surface area contributed by atoms with Gasteiger partial charge in [-0.25, -0.2) is 5.43 Å². The van der Waals surface area contributed by atoms with E-state index in [0.29, 0.717) is 5.56 Å². The lowest BCUT2D eigenvalue weighted by Crippen LogP contribution is -2.17. The van der Waals surface area contributed by atoms with E-state index in [1.165, 1.54) is 0 Å². The van der Waals surface area contributed by atoms with Crippen molar-refractivity contribution in [3.63, 3.8) is 0 Å². The lowest BCUT2D eigenvalue weighted by atomic mass is 10.2. The molecule has 0 saturated heterocycles. The Morgan fingerprint density at radius 2 is 1.60 bits per heavy atom. The zero-order chi connectivity index (χ0) is 17.8. The van der Waals surface area contributed by atoms with Crippen LogP contribution in [0, 0.1) is 13.8 Å². The molecule has 0 spiro atoms. The molecular formula is C20H18BrN3O. The largest absolute Gasteiger partial charge is 0.317 e. The van der Waals surface area contributed by atoms with Crippen molar-refractivity contribution in [2.75, 3.05) is 0 Å². The summed E-state index contributed by atoms with van der Waals surface area (Å²) < 4.78 is 3.12. The number of amides is 1. The second kappa shape index (κ2) is 7.49. The van der Waals surface area contributed by atoms with E-state index >= 15 is 0 Å². The summed E-state index contributed by atoms with van der Waals surface area (Å²) in [5, 5.41) is 4.12. The van der Waals surface area contributed by atoms with Crippen molar-refractivity contribution in [1.29, 1.82) is 0 Å². The van der Waals surface area contributed by atoms with Gasteiger partial charge in [0.15, 0.2) is 0 Å². The SMILES string of the molecule is Cc1c(Br)c(/C=N\NC(=O)c2ccccc2)c(C)n1-c1ccccc1. The zero-order valence-corrected chi connectivity index (χ0v) is 15.6. The molecule has 1 amide bonds. The molecule has 25 heavy (non-hydrogen) atoms. The highest BCUT2D eigenvalue weighted by Crippen LogP contribution is 2.29. The molecule has 5 heteroatoms. The Balaban J connectivity index is 1.85. The van der Waals surface area contributed by atoms with E-state index < -0.39 is 0 Å². The van der Waals surface area contributed by atoms with Gasteiger partial charge >= 0.3 is 0 Å². The summed E-state index contributed by atoms with van der Waals surface area (Å²) in [6.45, 7) is 4.08. The average Bonchev–Trinajstić information content (AvgIpc) is 2.86. The predicted octanol–water partition coefficient (Wildman–Crippen LogP) is 4.62. The van der Waals surface area contributed by atoms with E-state index in [1.54, 1.807) is 18.3 Å². The van der Waals surface area contributed by atoms with Gasteiger partial charge in [0.05, 0.1) is 6.21 Å². The number of aromatic nitrogens is 1. The maximum Gasteiger partial charge on any atom is 0.271 e. The van der Waals surface area contributed by atoms with Crippen LogP contribution in [-0.2, 0) is 0 Å². The Labute approximate surface area is 155 Å². The molecule has 0 unspecified atom stereocenters. The van der Waals surface area contributed by atoms with Gasteiger partial charge in [-0.15, -0.1) is 0 Å². The van der Waals surface area contributed by atoms with Gasteiger partial charge in [0, 0.05) is 32.7 Å². The molecule has 1 heterocycles. The maximum absolute atomic E-state index is 12.1. The van der Waals surface area contributed by atoms with E-state index in [9.17, 15) is 4.79 Å². The van der Waals surface area contributed by atoms with Gasteiger partial charge in [-0.05, 0) is 54.0 Å². The molecule has 4 nitrogen and oxygen atoms in total. The van der Waals surface area contributed by atoms with Crippen LogP contribution in [-0.4, -0.2) is 16.7 Å². The van der Waals surface area contributed by atoms with Crippen LogP contribution in [0.15, 0.2) is 70.2 Å². The van der Waals surface area contributed by atoms with Crippen molar-refractivity contribution >= 4 is 28.1 Å².